The van der Waals surface area contributed by atoms with Gasteiger partial charge < -0.3 is 5.73 Å². The third-order valence-electron chi connectivity index (χ3n) is 2.98. The number of urea groups is 1. The third kappa shape index (κ3) is 5.52. The first-order chi connectivity index (χ1) is 8.24. The molecule has 0 heterocycles. The maximum atomic E-state index is 10.7. The van der Waals surface area contributed by atoms with Crippen LogP contribution in [0.25, 0.3) is 0 Å². The molecule has 4 nitrogen and oxygen atoms in total. The molecule has 0 spiro atoms. The monoisotopic (exact) mass is 237 g/mol. The lowest BCUT2D eigenvalue weighted by Crippen LogP contribution is -2.26. The van der Waals surface area contributed by atoms with Crippen molar-refractivity contribution in [2.24, 2.45) is 10.8 Å². The van der Waals surface area contributed by atoms with E-state index in [4.69, 9.17) is 5.73 Å². The van der Waals surface area contributed by atoms with Crippen LogP contribution in [0.5, 0.6) is 0 Å². The Bertz CT molecular complexity index is 308. The molecule has 0 aliphatic heterocycles. The molecular weight excluding hydrogens is 214 g/mol. The molecule has 0 aromatic carbocycles. The van der Waals surface area contributed by atoms with E-state index in [1.54, 1.807) is 0 Å². The largest absolute Gasteiger partial charge is 0.350 e. The van der Waals surface area contributed by atoms with Crippen molar-refractivity contribution in [2.45, 2.75) is 58.3 Å². The first-order valence-electron chi connectivity index (χ1n) is 6.55. The summed E-state index contributed by atoms with van der Waals surface area (Å²) in [4.78, 5) is 10.7. The summed E-state index contributed by atoms with van der Waals surface area (Å²) in [6.45, 7) is 2.18. The molecule has 0 aromatic rings. The molecule has 0 fully saturated rings. The summed E-state index contributed by atoms with van der Waals surface area (Å²) in [6, 6.07) is -0.589. The summed E-state index contributed by atoms with van der Waals surface area (Å²) in [5.74, 6) is 0. The fraction of sp³-hybridized carbons (Fsp3) is 0.692. The van der Waals surface area contributed by atoms with Crippen molar-refractivity contribution in [1.82, 2.24) is 5.43 Å². The molecule has 17 heavy (non-hydrogen) atoms. The van der Waals surface area contributed by atoms with Gasteiger partial charge in [0, 0.05) is 0 Å². The average molecular weight is 237 g/mol. The van der Waals surface area contributed by atoms with Crippen LogP contribution < -0.4 is 11.2 Å². The molecule has 0 aromatic heterocycles. The number of rotatable bonds is 6. The van der Waals surface area contributed by atoms with Gasteiger partial charge in [-0.3, -0.25) is 0 Å². The predicted octanol–water partition coefficient (Wildman–Crippen LogP) is 3.09. The normalized spacial score (nSPS) is 16.5. The molecule has 0 radical (unpaired) electrons. The van der Waals surface area contributed by atoms with Gasteiger partial charge in [0.15, 0.2) is 0 Å². The van der Waals surface area contributed by atoms with E-state index in [0.717, 1.165) is 31.4 Å². The highest BCUT2D eigenvalue weighted by Gasteiger charge is 2.10. The summed E-state index contributed by atoms with van der Waals surface area (Å²) in [7, 11) is 0. The van der Waals surface area contributed by atoms with Crippen LogP contribution in [-0.4, -0.2) is 11.7 Å². The Kier molecular flexibility index (Phi) is 6.37. The zero-order chi connectivity index (χ0) is 12.5. The van der Waals surface area contributed by atoms with Gasteiger partial charge in [0.25, 0.3) is 0 Å². The first-order valence-corrected chi connectivity index (χ1v) is 6.55. The van der Waals surface area contributed by atoms with E-state index in [2.05, 4.69) is 23.5 Å². The molecule has 4 heteroatoms. The third-order valence-corrected chi connectivity index (χ3v) is 2.98. The summed E-state index contributed by atoms with van der Waals surface area (Å²) in [5, 5.41) is 4.14. The molecule has 0 bridgehead atoms. The Morgan fingerprint density at radius 1 is 1.47 bits per heavy atom. The van der Waals surface area contributed by atoms with Crippen molar-refractivity contribution in [3.05, 3.63) is 11.6 Å². The highest BCUT2D eigenvalue weighted by atomic mass is 16.2. The van der Waals surface area contributed by atoms with E-state index in [-0.39, 0.29) is 0 Å². The number of carbonyl (C=O) groups is 1. The first kappa shape index (κ1) is 13.7. The maximum Gasteiger partial charge on any atom is 0.332 e. The van der Waals surface area contributed by atoms with Crippen LogP contribution in [-0.2, 0) is 0 Å². The average Bonchev–Trinajstić information content (AvgIpc) is 2.34. The lowest BCUT2D eigenvalue weighted by atomic mass is 9.93. The minimum absolute atomic E-state index is 0.589. The minimum atomic E-state index is -0.589. The molecule has 0 atom stereocenters. The molecule has 1 rings (SSSR count). The molecule has 1 aliphatic rings. The number of unbranched alkanes of at least 4 members (excludes halogenated alkanes) is 2. The van der Waals surface area contributed by atoms with Gasteiger partial charge in [-0.2, -0.15) is 5.10 Å². The minimum Gasteiger partial charge on any atom is -0.350 e. The number of carbonyl (C=O) groups excluding carboxylic acids is 1. The Hall–Kier alpha value is -1.32. The van der Waals surface area contributed by atoms with Crippen LogP contribution in [0.1, 0.15) is 58.3 Å². The zero-order valence-corrected chi connectivity index (χ0v) is 10.7. The molecule has 0 saturated carbocycles. The van der Waals surface area contributed by atoms with Gasteiger partial charge in [-0.25, -0.2) is 10.2 Å². The van der Waals surface area contributed by atoms with Crippen molar-refractivity contribution in [2.75, 3.05) is 0 Å². The molecule has 96 valence electrons. The molecule has 3 N–H and O–H groups in total. The van der Waals surface area contributed by atoms with Crippen LogP contribution in [0.15, 0.2) is 16.8 Å². The number of primary amides is 1. The Morgan fingerprint density at radius 3 is 2.88 bits per heavy atom. The van der Waals surface area contributed by atoms with E-state index in [9.17, 15) is 4.79 Å². The van der Waals surface area contributed by atoms with E-state index < -0.39 is 6.03 Å². The van der Waals surface area contributed by atoms with Gasteiger partial charge >= 0.3 is 6.03 Å². The smallest absolute Gasteiger partial charge is 0.332 e. The summed E-state index contributed by atoms with van der Waals surface area (Å²) in [5.41, 5.74) is 9.71. The highest BCUT2D eigenvalue weighted by Crippen LogP contribution is 2.21. The van der Waals surface area contributed by atoms with Gasteiger partial charge in [-0.05, 0) is 44.1 Å². The van der Waals surface area contributed by atoms with Gasteiger partial charge in [0.1, 0.15) is 0 Å². The number of nitrogens with two attached hydrogens (primary N) is 1. The van der Waals surface area contributed by atoms with Crippen LogP contribution >= 0.6 is 0 Å². The van der Waals surface area contributed by atoms with E-state index in [0.29, 0.717) is 0 Å². The summed E-state index contributed by atoms with van der Waals surface area (Å²) in [6.07, 6.45) is 11.4. The predicted molar refractivity (Wildman–Crippen MR) is 70.8 cm³/mol. The zero-order valence-electron chi connectivity index (χ0n) is 10.7. The van der Waals surface area contributed by atoms with Crippen molar-refractivity contribution in [3.63, 3.8) is 0 Å². The van der Waals surface area contributed by atoms with Crippen molar-refractivity contribution in [1.29, 1.82) is 0 Å². The summed E-state index contributed by atoms with van der Waals surface area (Å²) >= 11 is 0. The van der Waals surface area contributed by atoms with Crippen molar-refractivity contribution < 1.29 is 4.79 Å². The van der Waals surface area contributed by atoms with Gasteiger partial charge in [0.05, 0.1) is 5.71 Å². The molecular formula is C13H23N3O. The van der Waals surface area contributed by atoms with Gasteiger partial charge in [0.2, 0.25) is 0 Å². The quantitative estimate of drug-likeness (QED) is 0.416. The lowest BCUT2D eigenvalue weighted by molar-refractivity contribution is 0.249. The van der Waals surface area contributed by atoms with Crippen LogP contribution in [0.4, 0.5) is 4.79 Å². The number of allylic oxidation sites excluding steroid dienone is 2. The Balaban J connectivity index is 2.60. The number of nitrogens with zero attached hydrogens (tertiary/aromatic N) is 1. The SMILES string of the molecule is CCCCCC(=NNC(N)=O)C1=CCCCC1. The number of hydrogen-bond donors (Lipinski definition) is 2. The van der Waals surface area contributed by atoms with Crippen molar-refractivity contribution in [3.8, 4) is 0 Å². The topological polar surface area (TPSA) is 67.5 Å². The van der Waals surface area contributed by atoms with Crippen LogP contribution in [0.2, 0.25) is 0 Å². The highest BCUT2D eigenvalue weighted by molar-refractivity contribution is 6.00. The van der Waals surface area contributed by atoms with Gasteiger partial charge in [-0.15, -0.1) is 0 Å². The molecule has 0 unspecified atom stereocenters. The van der Waals surface area contributed by atoms with E-state index >= 15 is 0 Å². The van der Waals surface area contributed by atoms with E-state index in [1.165, 1.54) is 31.3 Å². The second-order valence-corrected chi connectivity index (χ2v) is 4.47. The lowest BCUT2D eigenvalue weighted by Gasteiger charge is -2.15. The molecule has 0 saturated heterocycles. The number of amides is 2. The number of nitrogens with one attached hydrogen (secondary N) is 1. The number of hydrazone groups is 1. The second-order valence-electron chi connectivity index (χ2n) is 4.47. The maximum absolute atomic E-state index is 10.7. The Labute approximate surface area is 103 Å². The van der Waals surface area contributed by atoms with Crippen molar-refractivity contribution >= 4 is 11.7 Å². The number of hydrogen-bond acceptors (Lipinski definition) is 2. The molecule has 2 amide bonds. The summed E-state index contributed by atoms with van der Waals surface area (Å²) < 4.78 is 0. The fourth-order valence-electron chi connectivity index (χ4n) is 2.05. The van der Waals surface area contributed by atoms with E-state index in [1.807, 2.05) is 0 Å². The van der Waals surface area contributed by atoms with Crippen LogP contribution in [0, 0.1) is 0 Å². The second kappa shape index (κ2) is 7.87. The van der Waals surface area contributed by atoms with Crippen LogP contribution in [0.3, 0.4) is 0 Å². The Morgan fingerprint density at radius 2 is 2.29 bits per heavy atom. The molecule has 1 aliphatic carbocycles. The van der Waals surface area contributed by atoms with Gasteiger partial charge in [-0.1, -0.05) is 25.8 Å². The standard InChI is InChI=1S/C13H23N3O/c1-2-3-5-10-12(15-16-13(14)17)11-8-6-4-7-9-11/h8H,2-7,9-10H2,1H3,(H3,14,16,17). The fourth-order valence-corrected chi connectivity index (χ4v) is 2.05.